The van der Waals surface area contributed by atoms with Gasteiger partial charge in [-0.2, -0.15) is 0 Å². The van der Waals surface area contributed by atoms with Gasteiger partial charge in [0.25, 0.3) is 5.91 Å². The second-order valence-electron chi connectivity index (χ2n) is 6.41. The van der Waals surface area contributed by atoms with Crippen LogP contribution in [0, 0.1) is 5.92 Å². The van der Waals surface area contributed by atoms with Gasteiger partial charge in [0.05, 0.1) is 16.7 Å². The van der Waals surface area contributed by atoms with E-state index >= 15 is 0 Å². The number of hydrogen-bond acceptors (Lipinski definition) is 5. The first-order valence-corrected chi connectivity index (χ1v) is 8.49. The molecule has 0 bridgehead atoms. The lowest BCUT2D eigenvalue weighted by Crippen LogP contribution is -2.52. The van der Waals surface area contributed by atoms with Crippen LogP contribution in [-0.2, 0) is 4.79 Å². The summed E-state index contributed by atoms with van der Waals surface area (Å²) in [5.41, 5.74) is 5.03. The number of amides is 1. The van der Waals surface area contributed by atoms with Crippen molar-refractivity contribution < 1.29 is 20.1 Å². The molecule has 24 heavy (non-hydrogen) atoms. The van der Waals surface area contributed by atoms with Gasteiger partial charge in [-0.15, -0.1) is 0 Å². The zero-order valence-corrected chi connectivity index (χ0v) is 14.9. The lowest BCUT2D eigenvalue weighted by Gasteiger charge is -2.37. The Morgan fingerprint density at radius 3 is 2.46 bits per heavy atom. The first-order valence-electron chi connectivity index (χ1n) is 7.73. The number of piperidine rings is 1. The van der Waals surface area contributed by atoms with E-state index in [2.05, 4.69) is 0 Å². The summed E-state index contributed by atoms with van der Waals surface area (Å²) in [6.07, 6.45) is 1.24. The fraction of sp³-hybridized carbons (Fsp3) is 0.562. The molecule has 1 aromatic carbocycles. The summed E-state index contributed by atoms with van der Waals surface area (Å²) in [4.78, 5) is 13.7. The van der Waals surface area contributed by atoms with Crippen LogP contribution in [0.1, 0.15) is 31.4 Å². The smallest absolute Gasteiger partial charge is 0.256 e. The maximum atomic E-state index is 12.1. The third kappa shape index (κ3) is 3.95. The van der Waals surface area contributed by atoms with Crippen LogP contribution in [0.5, 0.6) is 5.75 Å². The molecule has 0 spiro atoms. The summed E-state index contributed by atoms with van der Waals surface area (Å²) < 4.78 is 0. The summed E-state index contributed by atoms with van der Waals surface area (Å²) >= 11 is 11.9. The number of aromatic hydroxyl groups is 1. The Labute approximate surface area is 150 Å². The predicted octanol–water partition coefficient (Wildman–Crippen LogP) is 1.68. The number of benzene rings is 1. The summed E-state index contributed by atoms with van der Waals surface area (Å²) in [6.45, 7) is 1.52. The first-order chi connectivity index (χ1) is 11.2. The molecule has 1 aromatic rings. The molecular formula is C16H22Cl2N2O4. The van der Waals surface area contributed by atoms with Gasteiger partial charge in [0, 0.05) is 30.8 Å². The van der Waals surface area contributed by atoms with E-state index < -0.39 is 24.2 Å². The SMILES string of the molecule is CC(O)(CO)C(=O)N1CCC(C(N)c2cc(Cl)c(Cl)cc2O)CC1. The number of likely N-dealkylation sites (tertiary alicyclic amines) is 1. The van der Waals surface area contributed by atoms with Crippen molar-refractivity contribution in [2.75, 3.05) is 19.7 Å². The number of rotatable bonds is 4. The van der Waals surface area contributed by atoms with E-state index in [1.54, 1.807) is 6.07 Å². The molecule has 2 atom stereocenters. The number of hydrogen-bond donors (Lipinski definition) is 4. The number of aliphatic hydroxyl groups excluding tert-OH is 1. The highest BCUT2D eigenvalue weighted by molar-refractivity contribution is 6.42. The monoisotopic (exact) mass is 376 g/mol. The fourth-order valence-corrected chi connectivity index (χ4v) is 3.27. The predicted molar refractivity (Wildman–Crippen MR) is 92.1 cm³/mol. The molecule has 0 radical (unpaired) electrons. The second kappa shape index (κ2) is 7.45. The van der Waals surface area contributed by atoms with Crippen LogP contribution >= 0.6 is 23.2 Å². The van der Waals surface area contributed by atoms with Crippen molar-refractivity contribution in [2.45, 2.75) is 31.4 Å². The van der Waals surface area contributed by atoms with E-state index in [-0.39, 0.29) is 16.7 Å². The molecule has 8 heteroatoms. The number of halogens is 2. The molecule has 1 aliphatic rings. The Kier molecular flexibility index (Phi) is 5.99. The van der Waals surface area contributed by atoms with Gasteiger partial charge in [-0.3, -0.25) is 4.79 Å². The van der Waals surface area contributed by atoms with Crippen molar-refractivity contribution in [2.24, 2.45) is 11.7 Å². The Morgan fingerprint density at radius 1 is 1.38 bits per heavy atom. The Morgan fingerprint density at radius 2 is 1.92 bits per heavy atom. The van der Waals surface area contributed by atoms with Gasteiger partial charge in [0.15, 0.2) is 5.60 Å². The molecule has 1 heterocycles. The van der Waals surface area contributed by atoms with Crippen LogP contribution in [-0.4, -0.2) is 51.4 Å². The van der Waals surface area contributed by atoms with E-state index in [1.165, 1.54) is 17.9 Å². The van der Waals surface area contributed by atoms with Crippen molar-refractivity contribution in [1.29, 1.82) is 0 Å². The quantitative estimate of drug-likeness (QED) is 0.639. The van der Waals surface area contributed by atoms with Crippen LogP contribution in [0.25, 0.3) is 0 Å². The zero-order chi connectivity index (χ0) is 18.1. The minimum atomic E-state index is -1.77. The molecule has 2 rings (SSSR count). The molecule has 0 aliphatic carbocycles. The molecule has 0 aromatic heterocycles. The standard InChI is InChI=1S/C16H22Cl2N2O4/c1-16(24,8-21)15(23)20-4-2-9(3-5-20)14(19)10-6-11(17)12(18)7-13(10)22/h6-7,9,14,21-22,24H,2-5,8,19H2,1H3. The third-order valence-electron chi connectivity index (χ3n) is 4.53. The van der Waals surface area contributed by atoms with Gasteiger partial charge >= 0.3 is 0 Å². The van der Waals surface area contributed by atoms with Gasteiger partial charge in [-0.1, -0.05) is 23.2 Å². The topological polar surface area (TPSA) is 107 Å². The minimum absolute atomic E-state index is 0.00128. The minimum Gasteiger partial charge on any atom is -0.508 e. The highest BCUT2D eigenvalue weighted by Gasteiger charge is 2.36. The molecule has 5 N–H and O–H groups in total. The highest BCUT2D eigenvalue weighted by atomic mass is 35.5. The van der Waals surface area contributed by atoms with Crippen molar-refractivity contribution in [3.8, 4) is 5.75 Å². The second-order valence-corrected chi connectivity index (χ2v) is 7.23. The highest BCUT2D eigenvalue weighted by Crippen LogP contribution is 2.37. The molecule has 2 unspecified atom stereocenters. The van der Waals surface area contributed by atoms with Gasteiger partial charge in [0.2, 0.25) is 0 Å². The fourth-order valence-electron chi connectivity index (χ4n) is 2.94. The van der Waals surface area contributed by atoms with Crippen LogP contribution in [0.4, 0.5) is 0 Å². The van der Waals surface area contributed by atoms with Crippen LogP contribution in [0.2, 0.25) is 10.0 Å². The van der Waals surface area contributed by atoms with Crippen LogP contribution in [0.3, 0.4) is 0 Å². The molecule has 1 aliphatic heterocycles. The van der Waals surface area contributed by atoms with Gasteiger partial charge in [-0.05, 0) is 31.7 Å². The summed E-state index contributed by atoms with van der Waals surface area (Å²) in [6, 6.07) is 2.50. The largest absolute Gasteiger partial charge is 0.508 e. The molecule has 1 saturated heterocycles. The maximum absolute atomic E-state index is 12.1. The molecular weight excluding hydrogens is 355 g/mol. The average Bonchev–Trinajstić information content (AvgIpc) is 2.57. The normalized spacial score (nSPS) is 19.8. The molecule has 0 saturated carbocycles. The number of phenols is 1. The van der Waals surface area contributed by atoms with Gasteiger partial charge in [0.1, 0.15) is 5.75 Å². The van der Waals surface area contributed by atoms with Crippen molar-refractivity contribution in [3.63, 3.8) is 0 Å². The van der Waals surface area contributed by atoms with E-state index in [0.717, 1.165) is 0 Å². The summed E-state index contributed by atoms with van der Waals surface area (Å²) in [5, 5.41) is 29.6. The number of phenolic OH excluding ortho intramolecular Hbond substituents is 1. The molecule has 1 amide bonds. The first kappa shape index (κ1) is 19.3. The Balaban J connectivity index is 2.05. The number of carbonyl (C=O) groups is 1. The summed E-state index contributed by atoms with van der Waals surface area (Å²) in [7, 11) is 0. The van der Waals surface area contributed by atoms with E-state index in [4.69, 9.17) is 34.0 Å². The lowest BCUT2D eigenvalue weighted by atomic mass is 9.85. The lowest BCUT2D eigenvalue weighted by molar-refractivity contribution is -0.154. The van der Waals surface area contributed by atoms with Crippen molar-refractivity contribution in [3.05, 3.63) is 27.7 Å². The maximum Gasteiger partial charge on any atom is 0.256 e. The molecule has 6 nitrogen and oxygen atoms in total. The Hall–Kier alpha value is -1.05. The Bertz CT molecular complexity index is 616. The number of nitrogens with two attached hydrogens (primary N) is 1. The third-order valence-corrected chi connectivity index (χ3v) is 5.25. The van der Waals surface area contributed by atoms with Gasteiger partial charge in [-0.25, -0.2) is 0 Å². The van der Waals surface area contributed by atoms with E-state index in [0.29, 0.717) is 36.5 Å². The van der Waals surface area contributed by atoms with Crippen LogP contribution in [0.15, 0.2) is 12.1 Å². The number of carbonyl (C=O) groups excluding carboxylic acids is 1. The molecule has 1 fully saturated rings. The van der Waals surface area contributed by atoms with Crippen LogP contribution < -0.4 is 5.73 Å². The zero-order valence-electron chi connectivity index (χ0n) is 13.4. The summed E-state index contributed by atoms with van der Waals surface area (Å²) in [5.74, 6) is -0.440. The van der Waals surface area contributed by atoms with E-state index in [1.807, 2.05) is 0 Å². The van der Waals surface area contributed by atoms with Gasteiger partial charge < -0.3 is 26.0 Å². The number of aliphatic hydroxyl groups is 2. The number of nitrogens with zero attached hydrogens (tertiary/aromatic N) is 1. The molecule has 134 valence electrons. The van der Waals surface area contributed by atoms with Crippen molar-refractivity contribution >= 4 is 29.1 Å². The van der Waals surface area contributed by atoms with Crippen molar-refractivity contribution in [1.82, 2.24) is 4.90 Å². The average molecular weight is 377 g/mol. The van der Waals surface area contributed by atoms with E-state index in [9.17, 15) is 15.0 Å².